The number of nitrogens with one attached hydrogen (secondary N) is 3. The van der Waals surface area contributed by atoms with E-state index in [-0.39, 0.29) is 22.6 Å². The third-order valence-electron chi connectivity index (χ3n) is 3.71. The smallest absolute Gasteiger partial charge is 0.382 e. The first-order chi connectivity index (χ1) is 11.4. The zero-order valence-electron chi connectivity index (χ0n) is 14.4. The SMILES string of the molecule is CNC(=O)c1cc(S(=O)(=O)NC)ccc1NC(C)CC(C)C(F)(F)F. The van der Waals surface area contributed by atoms with Crippen molar-refractivity contribution in [1.82, 2.24) is 10.0 Å². The van der Waals surface area contributed by atoms with E-state index in [0.717, 1.165) is 6.92 Å². The largest absolute Gasteiger partial charge is 0.391 e. The number of anilines is 1. The van der Waals surface area contributed by atoms with Gasteiger partial charge in [0.05, 0.1) is 16.4 Å². The number of carbonyl (C=O) groups excluding carboxylic acids is 1. The van der Waals surface area contributed by atoms with Crippen LogP contribution in [0.15, 0.2) is 23.1 Å². The van der Waals surface area contributed by atoms with Gasteiger partial charge in [-0.1, -0.05) is 6.92 Å². The highest BCUT2D eigenvalue weighted by atomic mass is 32.2. The van der Waals surface area contributed by atoms with Crippen LogP contribution in [0.25, 0.3) is 0 Å². The Balaban J connectivity index is 3.12. The molecule has 0 radical (unpaired) electrons. The fourth-order valence-electron chi connectivity index (χ4n) is 2.25. The lowest BCUT2D eigenvalue weighted by Gasteiger charge is -2.23. The first-order valence-corrected chi connectivity index (χ1v) is 9.03. The Hall–Kier alpha value is -1.81. The Bertz CT molecular complexity index is 720. The molecule has 1 amide bonds. The molecule has 3 N–H and O–H groups in total. The van der Waals surface area contributed by atoms with Crippen molar-refractivity contribution in [3.63, 3.8) is 0 Å². The van der Waals surface area contributed by atoms with Gasteiger partial charge in [-0.25, -0.2) is 13.1 Å². The van der Waals surface area contributed by atoms with E-state index in [2.05, 4.69) is 15.4 Å². The average molecular weight is 381 g/mol. The van der Waals surface area contributed by atoms with Crippen molar-refractivity contribution < 1.29 is 26.4 Å². The van der Waals surface area contributed by atoms with Crippen molar-refractivity contribution in [3.05, 3.63) is 23.8 Å². The monoisotopic (exact) mass is 381 g/mol. The van der Waals surface area contributed by atoms with Crippen LogP contribution in [0.2, 0.25) is 0 Å². The topological polar surface area (TPSA) is 87.3 Å². The number of rotatable bonds is 7. The Labute approximate surface area is 145 Å². The summed E-state index contributed by atoms with van der Waals surface area (Å²) < 4.78 is 63.9. The van der Waals surface area contributed by atoms with Crippen molar-refractivity contribution in [1.29, 1.82) is 0 Å². The molecule has 10 heteroatoms. The number of halogens is 3. The van der Waals surface area contributed by atoms with E-state index < -0.39 is 34.1 Å². The minimum Gasteiger partial charge on any atom is -0.382 e. The molecule has 0 heterocycles. The van der Waals surface area contributed by atoms with Crippen molar-refractivity contribution in [2.24, 2.45) is 5.92 Å². The van der Waals surface area contributed by atoms with E-state index in [1.54, 1.807) is 6.92 Å². The maximum atomic E-state index is 12.7. The van der Waals surface area contributed by atoms with E-state index in [4.69, 9.17) is 0 Å². The van der Waals surface area contributed by atoms with E-state index in [1.165, 1.54) is 32.3 Å². The molecule has 1 rings (SSSR count). The molecule has 0 aliphatic heterocycles. The number of alkyl halides is 3. The summed E-state index contributed by atoms with van der Waals surface area (Å²) in [7, 11) is -1.14. The van der Waals surface area contributed by atoms with E-state index in [0.29, 0.717) is 0 Å². The van der Waals surface area contributed by atoms with Crippen LogP contribution in [-0.4, -0.2) is 40.6 Å². The average Bonchev–Trinajstić information content (AvgIpc) is 2.53. The Kier molecular flexibility index (Phi) is 6.83. The van der Waals surface area contributed by atoms with Gasteiger partial charge in [-0.2, -0.15) is 13.2 Å². The molecule has 0 bridgehead atoms. The molecule has 2 atom stereocenters. The zero-order chi connectivity index (χ0) is 19.4. The van der Waals surface area contributed by atoms with Gasteiger partial charge in [-0.3, -0.25) is 4.79 Å². The van der Waals surface area contributed by atoms with Crippen LogP contribution in [0.1, 0.15) is 30.6 Å². The van der Waals surface area contributed by atoms with Gasteiger partial charge < -0.3 is 10.6 Å². The highest BCUT2D eigenvalue weighted by Crippen LogP contribution is 2.30. The van der Waals surface area contributed by atoms with Gasteiger partial charge in [0.25, 0.3) is 5.91 Å². The third kappa shape index (κ3) is 5.60. The quantitative estimate of drug-likeness (QED) is 0.677. The number of sulfonamides is 1. The Morgan fingerprint density at radius 3 is 2.28 bits per heavy atom. The molecule has 25 heavy (non-hydrogen) atoms. The standard InChI is InChI=1S/C15H22F3N3O3S/c1-9(15(16,17)18)7-10(2)21-13-6-5-11(25(23,24)20-4)8-12(13)14(22)19-3/h5-6,8-10,20-21H,7H2,1-4H3,(H,19,22). The fraction of sp³-hybridized carbons (Fsp3) is 0.533. The fourth-order valence-corrected chi connectivity index (χ4v) is 3.00. The van der Waals surface area contributed by atoms with Crippen molar-refractivity contribution in [3.8, 4) is 0 Å². The highest BCUT2D eigenvalue weighted by Gasteiger charge is 2.36. The van der Waals surface area contributed by atoms with E-state index >= 15 is 0 Å². The molecule has 0 aliphatic carbocycles. The molecular formula is C15H22F3N3O3S. The van der Waals surface area contributed by atoms with Gasteiger partial charge in [0.15, 0.2) is 0 Å². The number of hydrogen-bond donors (Lipinski definition) is 3. The third-order valence-corrected chi connectivity index (χ3v) is 5.12. The first kappa shape index (κ1) is 21.2. The maximum Gasteiger partial charge on any atom is 0.391 e. The molecule has 0 aromatic heterocycles. The molecule has 0 fully saturated rings. The Morgan fingerprint density at radius 1 is 1.20 bits per heavy atom. The van der Waals surface area contributed by atoms with Crippen molar-refractivity contribution >= 4 is 21.6 Å². The van der Waals surface area contributed by atoms with Crippen LogP contribution >= 0.6 is 0 Å². The summed E-state index contributed by atoms with van der Waals surface area (Å²) in [4.78, 5) is 11.9. The molecule has 0 saturated heterocycles. The van der Waals surface area contributed by atoms with Crippen LogP contribution < -0.4 is 15.4 Å². The molecule has 1 aromatic rings. The summed E-state index contributed by atoms with van der Waals surface area (Å²) in [5.74, 6) is -2.06. The van der Waals surface area contributed by atoms with Gasteiger partial charge in [0, 0.05) is 18.8 Å². The summed E-state index contributed by atoms with van der Waals surface area (Å²) >= 11 is 0. The van der Waals surface area contributed by atoms with Crippen LogP contribution in [0, 0.1) is 5.92 Å². The lowest BCUT2D eigenvalue weighted by molar-refractivity contribution is -0.171. The number of amides is 1. The normalized spacial score (nSPS) is 14.7. The van der Waals surface area contributed by atoms with Crippen LogP contribution in [0.3, 0.4) is 0 Å². The molecule has 0 saturated carbocycles. The van der Waals surface area contributed by atoms with E-state index in [1.807, 2.05) is 0 Å². The molecule has 2 unspecified atom stereocenters. The van der Waals surface area contributed by atoms with E-state index in [9.17, 15) is 26.4 Å². The van der Waals surface area contributed by atoms with Gasteiger partial charge in [0.2, 0.25) is 10.0 Å². The van der Waals surface area contributed by atoms with Crippen LogP contribution in [0.4, 0.5) is 18.9 Å². The predicted octanol–water partition coefficient (Wildman–Crippen LogP) is 2.34. The number of carbonyl (C=O) groups is 1. The van der Waals surface area contributed by atoms with Gasteiger partial charge >= 0.3 is 6.18 Å². The molecule has 0 spiro atoms. The minimum absolute atomic E-state index is 0.0327. The summed E-state index contributed by atoms with van der Waals surface area (Å²) in [5.41, 5.74) is 0.293. The second kappa shape index (κ2) is 8.05. The van der Waals surface area contributed by atoms with Crippen molar-refractivity contribution in [2.45, 2.75) is 37.4 Å². The highest BCUT2D eigenvalue weighted by molar-refractivity contribution is 7.89. The van der Waals surface area contributed by atoms with Crippen molar-refractivity contribution in [2.75, 3.05) is 19.4 Å². The number of benzene rings is 1. The zero-order valence-corrected chi connectivity index (χ0v) is 15.2. The minimum atomic E-state index is -4.30. The summed E-state index contributed by atoms with van der Waals surface area (Å²) in [6.07, 6.45) is -4.49. The number of hydrogen-bond acceptors (Lipinski definition) is 4. The van der Waals surface area contributed by atoms with Gasteiger partial charge in [0.1, 0.15) is 0 Å². The van der Waals surface area contributed by atoms with Gasteiger partial charge in [-0.15, -0.1) is 0 Å². The van der Waals surface area contributed by atoms with Gasteiger partial charge in [-0.05, 0) is 38.6 Å². The summed E-state index contributed by atoms with van der Waals surface area (Å²) in [6.45, 7) is 2.65. The van der Waals surface area contributed by atoms with Crippen LogP contribution in [-0.2, 0) is 10.0 Å². The summed E-state index contributed by atoms with van der Waals surface area (Å²) in [6, 6.07) is 3.24. The lowest BCUT2D eigenvalue weighted by Crippen LogP contribution is -2.28. The first-order valence-electron chi connectivity index (χ1n) is 7.55. The molecule has 1 aromatic carbocycles. The second-order valence-electron chi connectivity index (χ2n) is 5.72. The Morgan fingerprint density at radius 2 is 1.80 bits per heavy atom. The predicted molar refractivity (Wildman–Crippen MR) is 89.0 cm³/mol. The lowest BCUT2D eigenvalue weighted by atomic mass is 10.0. The molecular weight excluding hydrogens is 359 g/mol. The maximum absolute atomic E-state index is 12.7. The summed E-state index contributed by atoms with van der Waals surface area (Å²) in [5, 5.41) is 5.23. The molecule has 142 valence electrons. The second-order valence-corrected chi connectivity index (χ2v) is 7.60. The molecule has 6 nitrogen and oxygen atoms in total. The van der Waals surface area contributed by atoms with Crippen LogP contribution in [0.5, 0.6) is 0 Å². The molecule has 0 aliphatic rings.